The first-order valence-corrected chi connectivity index (χ1v) is 12.3. The van der Waals surface area contributed by atoms with Crippen LogP contribution in [0.3, 0.4) is 0 Å². The molecule has 7 nitrogen and oxygen atoms in total. The van der Waals surface area contributed by atoms with Crippen LogP contribution in [0.5, 0.6) is 5.75 Å². The number of carbonyl (C=O) groups is 2. The number of rotatable bonds is 8. The maximum Gasteiger partial charge on any atom is 0.309 e. The summed E-state index contributed by atoms with van der Waals surface area (Å²) >= 11 is 1.55. The van der Waals surface area contributed by atoms with Crippen LogP contribution in [0.2, 0.25) is 0 Å². The lowest BCUT2D eigenvalue weighted by atomic mass is 9.91. The summed E-state index contributed by atoms with van der Waals surface area (Å²) in [7, 11) is 1.65. The average Bonchev–Trinajstić information content (AvgIpc) is 3.51. The number of carbonyl (C=O) groups excluding carboxylic acids is 2. The molecule has 8 heteroatoms. The van der Waals surface area contributed by atoms with Crippen LogP contribution < -0.4 is 10.1 Å². The molecule has 4 rings (SSSR count). The number of esters is 1. The molecule has 1 amide bonds. The van der Waals surface area contributed by atoms with Gasteiger partial charge in [-0.25, -0.2) is 0 Å². The number of hydrogen-bond donors (Lipinski definition) is 1. The summed E-state index contributed by atoms with van der Waals surface area (Å²) in [6.07, 6.45) is 2.97. The van der Waals surface area contributed by atoms with E-state index in [1.807, 2.05) is 26.0 Å². The number of nitrogens with zero attached hydrogens (tertiary/aromatic N) is 1. The van der Waals surface area contributed by atoms with E-state index in [1.165, 1.54) is 6.26 Å². The van der Waals surface area contributed by atoms with Gasteiger partial charge in [-0.05, 0) is 75.7 Å². The number of anilines is 1. The van der Waals surface area contributed by atoms with Crippen LogP contribution in [0.15, 0.2) is 53.1 Å². The van der Waals surface area contributed by atoms with Crippen LogP contribution in [0, 0.1) is 12.8 Å². The summed E-state index contributed by atoms with van der Waals surface area (Å²) in [6.45, 7) is 5.78. The molecule has 0 saturated carbocycles. The molecule has 180 valence electrons. The second-order valence-electron chi connectivity index (χ2n) is 8.31. The fourth-order valence-electron chi connectivity index (χ4n) is 4.43. The van der Waals surface area contributed by atoms with E-state index in [9.17, 15) is 9.59 Å². The Labute approximate surface area is 203 Å². The van der Waals surface area contributed by atoms with Crippen molar-refractivity contribution in [2.24, 2.45) is 5.92 Å². The van der Waals surface area contributed by atoms with Crippen molar-refractivity contribution in [2.45, 2.75) is 32.7 Å². The molecule has 0 radical (unpaired) electrons. The number of furan rings is 1. The second-order valence-corrected chi connectivity index (χ2v) is 9.57. The van der Waals surface area contributed by atoms with Gasteiger partial charge in [0.15, 0.2) is 5.76 Å². The Morgan fingerprint density at radius 2 is 1.94 bits per heavy atom. The molecule has 1 aliphatic rings. The molecule has 0 spiro atoms. The number of likely N-dealkylation sites (tertiary alicyclic amines) is 1. The molecular weight excluding hydrogens is 452 g/mol. The molecule has 3 aromatic rings. The Balaban J connectivity index is 1.64. The molecule has 1 atom stereocenters. The number of nitrogens with one attached hydrogen (secondary N) is 1. The van der Waals surface area contributed by atoms with Crippen LogP contribution in [-0.2, 0) is 9.53 Å². The molecule has 34 heavy (non-hydrogen) atoms. The molecule has 0 unspecified atom stereocenters. The van der Waals surface area contributed by atoms with Crippen molar-refractivity contribution in [3.05, 3.63) is 70.5 Å². The van der Waals surface area contributed by atoms with Gasteiger partial charge in [0.2, 0.25) is 0 Å². The molecule has 0 aliphatic carbocycles. The van der Waals surface area contributed by atoms with Crippen LogP contribution >= 0.6 is 11.3 Å². The number of amides is 1. The van der Waals surface area contributed by atoms with Crippen molar-refractivity contribution >= 4 is 28.2 Å². The number of hydrogen-bond acceptors (Lipinski definition) is 7. The minimum Gasteiger partial charge on any atom is -0.497 e. The molecule has 1 aliphatic heterocycles. The molecule has 2 aromatic heterocycles. The highest BCUT2D eigenvalue weighted by Gasteiger charge is 2.33. The number of methoxy groups -OCH3 is 1. The summed E-state index contributed by atoms with van der Waals surface area (Å²) in [5, 5.41) is 3.85. The van der Waals surface area contributed by atoms with Gasteiger partial charge in [0.25, 0.3) is 5.91 Å². The third-order valence-corrected chi connectivity index (χ3v) is 7.08. The second kappa shape index (κ2) is 10.9. The molecule has 1 saturated heterocycles. The lowest BCUT2D eigenvalue weighted by molar-refractivity contribution is -0.149. The quantitative estimate of drug-likeness (QED) is 0.440. The first-order chi connectivity index (χ1) is 16.5. The van der Waals surface area contributed by atoms with E-state index < -0.39 is 0 Å². The Morgan fingerprint density at radius 3 is 2.56 bits per heavy atom. The highest BCUT2D eigenvalue weighted by atomic mass is 32.1. The lowest BCUT2D eigenvalue weighted by Gasteiger charge is -2.37. The van der Waals surface area contributed by atoms with E-state index in [0.717, 1.165) is 52.7 Å². The van der Waals surface area contributed by atoms with Gasteiger partial charge in [0, 0.05) is 10.4 Å². The van der Waals surface area contributed by atoms with Crippen molar-refractivity contribution in [2.75, 3.05) is 32.1 Å². The predicted molar refractivity (Wildman–Crippen MR) is 131 cm³/mol. The normalized spacial score (nSPS) is 15.6. The van der Waals surface area contributed by atoms with E-state index in [2.05, 4.69) is 28.4 Å². The molecule has 3 heterocycles. The van der Waals surface area contributed by atoms with Crippen molar-refractivity contribution in [3.63, 3.8) is 0 Å². The van der Waals surface area contributed by atoms with Crippen LogP contribution in [0.25, 0.3) is 0 Å². The first-order valence-electron chi connectivity index (χ1n) is 11.5. The molecule has 1 fully saturated rings. The SMILES string of the molecule is CCOC(=O)C1CCN([C@@H](c2ccc(OC)cc2)c2cc(C)sc2NC(=O)c2ccco2)CC1. The van der Waals surface area contributed by atoms with Crippen molar-refractivity contribution in [1.82, 2.24) is 4.90 Å². The van der Waals surface area contributed by atoms with E-state index in [4.69, 9.17) is 13.9 Å². The monoisotopic (exact) mass is 482 g/mol. The molecule has 1 N–H and O–H groups in total. The van der Waals surface area contributed by atoms with Gasteiger partial charge >= 0.3 is 5.97 Å². The van der Waals surface area contributed by atoms with Crippen LogP contribution in [0.4, 0.5) is 5.00 Å². The van der Waals surface area contributed by atoms with Gasteiger partial charge in [-0.1, -0.05) is 12.1 Å². The molecular formula is C26H30N2O5S. The highest BCUT2D eigenvalue weighted by molar-refractivity contribution is 7.16. The first kappa shape index (κ1) is 24.0. The van der Waals surface area contributed by atoms with E-state index in [1.54, 1.807) is 30.6 Å². The Bertz CT molecular complexity index is 1100. The Kier molecular flexibility index (Phi) is 7.70. The number of benzene rings is 1. The third kappa shape index (κ3) is 5.34. The fourth-order valence-corrected chi connectivity index (χ4v) is 5.37. The zero-order valence-corrected chi connectivity index (χ0v) is 20.5. The van der Waals surface area contributed by atoms with E-state index >= 15 is 0 Å². The van der Waals surface area contributed by atoms with Gasteiger partial charge in [0.05, 0.1) is 31.9 Å². The molecule has 1 aromatic carbocycles. The zero-order valence-electron chi connectivity index (χ0n) is 19.7. The topological polar surface area (TPSA) is 81.0 Å². The largest absolute Gasteiger partial charge is 0.497 e. The number of piperidine rings is 1. The zero-order chi connectivity index (χ0) is 24.1. The Morgan fingerprint density at radius 1 is 1.21 bits per heavy atom. The van der Waals surface area contributed by atoms with E-state index in [-0.39, 0.29) is 29.6 Å². The van der Waals surface area contributed by atoms with E-state index in [0.29, 0.717) is 6.61 Å². The van der Waals surface area contributed by atoms with Crippen molar-refractivity contribution in [3.8, 4) is 5.75 Å². The standard InChI is InChI=1S/C26H30N2O5S/c1-4-32-26(30)19-11-13-28(14-12-19)23(18-7-9-20(31-3)10-8-18)21-16-17(2)34-25(21)27-24(29)22-6-5-15-33-22/h5-10,15-16,19,23H,4,11-14H2,1-3H3,(H,27,29)/t23-/m0/s1. The summed E-state index contributed by atoms with van der Waals surface area (Å²) in [4.78, 5) is 28.5. The fraction of sp³-hybridized carbons (Fsp3) is 0.385. The average molecular weight is 483 g/mol. The van der Waals surface area contributed by atoms with Crippen LogP contribution in [0.1, 0.15) is 52.4 Å². The molecule has 0 bridgehead atoms. The summed E-state index contributed by atoms with van der Waals surface area (Å²) in [5.41, 5.74) is 2.13. The number of ether oxygens (including phenoxy) is 2. The van der Waals surface area contributed by atoms with Crippen molar-refractivity contribution < 1.29 is 23.5 Å². The third-order valence-electron chi connectivity index (χ3n) is 6.10. The predicted octanol–water partition coefficient (Wildman–Crippen LogP) is 5.27. The van der Waals surface area contributed by atoms with Gasteiger partial charge in [-0.3, -0.25) is 14.5 Å². The highest BCUT2D eigenvalue weighted by Crippen LogP contribution is 2.41. The van der Waals surface area contributed by atoms with Crippen LogP contribution in [-0.4, -0.2) is 43.6 Å². The summed E-state index contributed by atoms with van der Waals surface area (Å²) in [5.74, 6) is 0.600. The number of aryl methyl sites for hydroxylation is 1. The van der Waals surface area contributed by atoms with Gasteiger partial charge in [-0.2, -0.15) is 0 Å². The Hall–Kier alpha value is -3.10. The summed E-state index contributed by atoms with van der Waals surface area (Å²) in [6, 6.07) is 13.4. The number of thiophene rings is 1. The minimum absolute atomic E-state index is 0.0740. The maximum absolute atomic E-state index is 12.8. The van der Waals surface area contributed by atoms with Gasteiger partial charge < -0.3 is 19.2 Å². The minimum atomic E-state index is -0.275. The van der Waals surface area contributed by atoms with Crippen molar-refractivity contribution in [1.29, 1.82) is 0 Å². The summed E-state index contributed by atoms with van der Waals surface area (Å²) < 4.78 is 15.9. The lowest BCUT2D eigenvalue weighted by Crippen LogP contribution is -2.39. The smallest absolute Gasteiger partial charge is 0.309 e. The maximum atomic E-state index is 12.8. The van der Waals surface area contributed by atoms with Gasteiger partial charge in [-0.15, -0.1) is 11.3 Å². The van der Waals surface area contributed by atoms with Gasteiger partial charge in [0.1, 0.15) is 10.8 Å².